The van der Waals surface area contributed by atoms with Crippen LogP contribution in [-0.2, 0) is 11.3 Å². The molecule has 1 heterocycles. The Kier molecular flexibility index (Phi) is 6.20. The first-order valence-electron chi connectivity index (χ1n) is 8.87. The molecule has 148 valence electrons. The highest BCUT2D eigenvalue weighted by molar-refractivity contribution is 6.31. The molecule has 3 rings (SSSR count). The molecular weight excluding hydrogens is 395 g/mol. The van der Waals surface area contributed by atoms with Gasteiger partial charge in [0.25, 0.3) is 5.91 Å². The summed E-state index contributed by atoms with van der Waals surface area (Å²) in [7, 11) is 0. The Morgan fingerprint density at radius 1 is 1.24 bits per heavy atom. The van der Waals surface area contributed by atoms with E-state index in [1.54, 1.807) is 37.3 Å². The van der Waals surface area contributed by atoms with E-state index in [-0.39, 0.29) is 31.2 Å². The highest BCUT2D eigenvalue weighted by atomic mass is 35.5. The van der Waals surface area contributed by atoms with Crippen LogP contribution in [0.25, 0.3) is 11.4 Å². The van der Waals surface area contributed by atoms with Crippen molar-refractivity contribution in [2.75, 3.05) is 11.4 Å². The molecule has 0 bridgehead atoms. The standard InChI is InChI=1S/C20H18ClFN6O/c1-13-11-16(5-6-17(13)21)27(9-3-8-23)19(29)12-28-25-20(24-26-28)15-4-7-18(22)14(2)10-15/h4-7,10-11H,3,9,12H2,1-2H3. The van der Waals surface area contributed by atoms with Crippen molar-refractivity contribution in [1.82, 2.24) is 20.2 Å². The number of amides is 1. The second kappa shape index (κ2) is 8.80. The fourth-order valence-corrected chi connectivity index (χ4v) is 2.89. The van der Waals surface area contributed by atoms with Crippen LogP contribution in [0, 0.1) is 31.0 Å². The van der Waals surface area contributed by atoms with Crippen LogP contribution in [0.15, 0.2) is 36.4 Å². The number of nitriles is 1. The molecule has 29 heavy (non-hydrogen) atoms. The molecule has 0 saturated heterocycles. The van der Waals surface area contributed by atoms with E-state index in [1.807, 2.05) is 13.0 Å². The lowest BCUT2D eigenvalue weighted by Gasteiger charge is -2.22. The van der Waals surface area contributed by atoms with E-state index in [4.69, 9.17) is 16.9 Å². The molecule has 0 fully saturated rings. The maximum atomic E-state index is 13.5. The molecule has 9 heteroatoms. The topological polar surface area (TPSA) is 87.7 Å². The number of hydrogen-bond acceptors (Lipinski definition) is 5. The summed E-state index contributed by atoms with van der Waals surface area (Å²) in [6, 6.07) is 11.8. The largest absolute Gasteiger partial charge is 0.310 e. The number of rotatable bonds is 6. The average Bonchev–Trinajstić information content (AvgIpc) is 3.15. The number of tetrazole rings is 1. The molecule has 0 spiro atoms. The third-order valence-corrected chi connectivity index (χ3v) is 4.77. The number of benzene rings is 2. The van der Waals surface area contributed by atoms with Crippen molar-refractivity contribution in [2.24, 2.45) is 0 Å². The Labute approximate surface area is 172 Å². The van der Waals surface area contributed by atoms with E-state index in [0.29, 0.717) is 27.7 Å². The SMILES string of the molecule is Cc1cc(-c2nnn(CC(=O)N(CCC#N)c3ccc(Cl)c(C)c3)n2)ccc1F. The van der Waals surface area contributed by atoms with Crippen LogP contribution in [0.3, 0.4) is 0 Å². The summed E-state index contributed by atoms with van der Waals surface area (Å²) in [4.78, 5) is 15.5. The van der Waals surface area contributed by atoms with Crippen LogP contribution in [0.1, 0.15) is 17.5 Å². The maximum absolute atomic E-state index is 13.5. The number of halogens is 2. The summed E-state index contributed by atoms with van der Waals surface area (Å²) in [5.41, 5.74) is 2.54. The van der Waals surface area contributed by atoms with Gasteiger partial charge in [-0.15, -0.1) is 10.2 Å². The highest BCUT2D eigenvalue weighted by Gasteiger charge is 2.19. The molecule has 3 aromatic rings. The molecule has 0 aliphatic heterocycles. The van der Waals surface area contributed by atoms with E-state index in [9.17, 15) is 9.18 Å². The lowest BCUT2D eigenvalue weighted by atomic mass is 10.1. The lowest BCUT2D eigenvalue weighted by molar-refractivity contribution is -0.119. The number of carbonyl (C=O) groups excluding carboxylic acids is 1. The van der Waals surface area contributed by atoms with Crippen LogP contribution in [-0.4, -0.2) is 32.7 Å². The third-order valence-electron chi connectivity index (χ3n) is 4.35. The predicted octanol–water partition coefficient (Wildman–Crippen LogP) is 3.70. The lowest BCUT2D eigenvalue weighted by Crippen LogP contribution is -2.35. The predicted molar refractivity (Wildman–Crippen MR) is 107 cm³/mol. The van der Waals surface area contributed by atoms with E-state index in [1.165, 1.54) is 15.8 Å². The summed E-state index contributed by atoms with van der Waals surface area (Å²) in [5.74, 6) is -0.310. The van der Waals surface area contributed by atoms with E-state index >= 15 is 0 Å². The van der Waals surface area contributed by atoms with Crippen molar-refractivity contribution >= 4 is 23.2 Å². The summed E-state index contributed by atoms with van der Waals surface area (Å²) < 4.78 is 13.5. The summed E-state index contributed by atoms with van der Waals surface area (Å²) >= 11 is 6.07. The highest BCUT2D eigenvalue weighted by Crippen LogP contribution is 2.23. The molecule has 0 aliphatic carbocycles. The van der Waals surface area contributed by atoms with Gasteiger partial charge in [0.15, 0.2) is 0 Å². The molecule has 0 N–H and O–H groups in total. The molecule has 0 atom stereocenters. The zero-order valence-electron chi connectivity index (χ0n) is 15.9. The normalized spacial score (nSPS) is 10.6. The fraction of sp³-hybridized carbons (Fsp3) is 0.250. The van der Waals surface area contributed by atoms with Crippen LogP contribution >= 0.6 is 11.6 Å². The molecule has 2 aromatic carbocycles. The average molecular weight is 413 g/mol. The van der Waals surface area contributed by atoms with Gasteiger partial charge >= 0.3 is 0 Å². The second-order valence-corrected chi connectivity index (χ2v) is 6.90. The molecule has 0 radical (unpaired) electrons. The first-order valence-corrected chi connectivity index (χ1v) is 9.24. The molecule has 1 aromatic heterocycles. The smallest absolute Gasteiger partial charge is 0.250 e. The van der Waals surface area contributed by atoms with Crippen molar-refractivity contribution in [1.29, 1.82) is 5.26 Å². The summed E-state index contributed by atoms with van der Waals surface area (Å²) in [6.07, 6.45) is 0.179. The van der Waals surface area contributed by atoms with Crippen molar-refractivity contribution in [3.63, 3.8) is 0 Å². The zero-order valence-corrected chi connectivity index (χ0v) is 16.7. The van der Waals surface area contributed by atoms with E-state index < -0.39 is 0 Å². The third kappa shape index (κ3) is 4.76. The number of carbonyl (C=O) groups is 1. The molecule has 0 aliphatic rings. The van der Waals surface area contributed by atoms with Crippen molar-refractivity contribution < 1.29 is 9.18 Å². The van der Waals surface area contributed by atoms with Crippen molar-refractivity contribution in [3.8, 4) is 17.5 Å². The Hall–Kier alpha value is -3.31. The van der Waals surface area contributed by atoms with Crippen molar-refractivity contribution in [3.05, 3.63) is 58.4 Å². The number of nitrogens with zero attached hydrogens (tertiary/aromatic N) is 6. The number of aryl methyl sites for hydroxylation is 2. The summed E-state index contributed by atoms with van der Waals surface area (Å²) in [6.45, 7) is 3.57. The fourth-order valence-electron chi connectivity index (χ4n) is 2.77. The van der Waals surface area contributed by atoms with Gasteiger partial charge in [0.1, 0.15) is 12.4 Å². The van der Waals surface area contributed by atoms with Crippen LogP contribution in [0.5, 0.6) is 0 Å². The zero-order chi connectivity index (χ0) is 21.0. The minimum absolute atomic E-state index is 0.153. The Morgan fingerprint density at radius 3 is 2.72 bits per heavy atom. The Morgan fingerprint density at radius 2 is 2.03 bits per heavy atom. The molecule has 0 saturated carbocycles. The Balaban J connectivity index is 1.80. The van der Waals surface area contributed by atoms with Gasteiger partial charge in [-0.05, 0) is 66.6 Å². The van der Waals surface area contributed by atoms with Gasteiger partial charge in [-0.25, -0.2) is 4.39 Å². The second-order valence-electron chi connectivity index (χ2n) is 6.49. The molecule has 1 amide bonds. The molecule has 7 nitrogen and oxygen atoms in total. The van der Waals surface area contributed by atoms with Crippen molar-refractivity contribution in [2.45, 2.75) is 26.8 Å². The molecular formula is C20H18ClFN6O. The summed E-state index contributed by atoms with van der Waals surface area (Å²) in [5, 5.41) is 21.6. The van der Waals surface area contributed by atoms with Crippen LogP contribution in [0.4, 0.5) is 10.1 Å². The number of aromatic nitrogens is 4. The van der Waals surface area contributed by atoms with Gasteiger partial charge < -0.3 is 4.90 Å². The first-order chi connectivity index (χ1) is 13.9. The van der Waals surface area contributed by atoms with Gasteiger partial charge in [-0.3, -0.25) is 4.79 Å². The number of hydrogen-bond donors (Lipinski definition) is 0. The maximum Gasteiger partial charge on any atom is 0.250 e. The van der Waals surface area contributed by atoms with Gasteiger partial charge in [-0.2, -0.15) is 10.1 Å². The van der Waals surface area contributed by atoms with E-state index in [2.05, 4.69) is 15.4 Å². The van der Waals surface area contributed by atoms with Gasteiger partial charge in [-0.1, -0.05) is 11.6 Å². The van der Waals surface area contributed by atoms with E-state index in [0.717, 1.165) is 5.56 Å². The van der Waals surface area contributed by atoms with Gasteiger partial charge in [0, 0.05) is 22.8 Å². The minimum Gasteiger partial charge on any atom is -0.310 e. The minimum atomic E-state index is -0.317. The van der Waals surface area contributed by atoms with Crippen LogP contribution < -0.4 is 4.90 Å². The first kappa shape index (κ1) is 20.4. The Bertz CT molecular complexity index is 1090. The molecule has 0 unspecified atom stereocenters. The van der Waals surface area contributed by atoms with Gasteiger partial charge in [0.2, 0.25) is 5.82 Å². The van der Waals surface area contributed by atoms with Gasteiger partial charge in [0.05, 0.1) is 12.5 Å². The number of anilines is 1. The monoisotopic (exact) mass is 412 g/mol. The van der Waals surface area contributed by atoms with Crippen LogP contribution in [0.2, 0.25) is 5.02 Å². The quantitative estimate of drug-likeness (QED) is 0.616.